The lowest BCUT2D eigenvalue weighted by molar-refractivity contribution is 0.180. The number of methoxy groups -OCH3 is 1. The largest absolute Gasteiger partial charge is 0.497 e. The molecule has 2 saturated heterocycles. The third kappa shape index (κ3) is 2.11. The number of amides is 2. The molecule has 0 spiro atoms. The van der Waals surface area contributed by atoms with Gasteiger partial charge in [-0.2, -0.15) is 0 Å². The number of ether oxygens (including phenoxy) is 3. The molecule has 7 heteroatoms. The molecule has 2 heterocycles. The summed E-state index contributed by atoms with van der Waals surface area (Å²) < 4.78 is 15.1. The summed E-state index contributed by atoms with van der Waals surface area (Å²) in [6.45, 7) is 1.68. The number of carbonyl (C=O) groups is 2. The van der Waals surface area contributed by atoms with E-state index in [0.29, 0.717) is 43.4 Å². The minimum Gasteiger partial charge on any atom is -0.497 e. The fourth-order valence-electron chi connectivity index (χ4n) is 2.25. The zero-order valence-electron chi connectivity index (χ0n) is 11.0. The summed E-state index contributed by atoms with van der Waals surface area (Å²) in [6.07, 6.45) is -0.790. The van der Waals surface area contributed by atoms with Crippen molar-refractivity contribution < 1.29 is 23.8 Å². The number of anilines is 2. The van der Waals surface area contributed by atoms with Gasteiger partial charge in [-0.3, -0.25) is 9.80 Å². The Morgan fingerprint density at radius 1 is 0.950 bits per heavy atom. The van der Waals surface area contributed by atoms with Crippen molar-refractivity contribution in [1.82, 2.24) is 0 Å². The molecule has 0 atom stereocenters. The fraction of sp³-hybridized carbons (Fsp3) is 0.385. The number of cyclic esters (lactones) is 2. The molecule has 1 aromatic carbocycles. The van der Waals surface area contributed by atoms with E-state index in [1.54, 1.807) is 18.2 Å². The summed E-state index contributed by atoms with van der Waals surface area (Å²) in [5, 5.41) is 0. The molecule has 20 heavy (non-hydrogen) atoms. The maximum atomic E-state index is 11.6. The minimum atomic E-state index is -0.395. The maximum absolute atomic E-state index is 11.6. The number of rotatable bonds is 3. The first-order chi connectivity index (χ1) is 9.69. The van der Waals surface area contributed by atoms with Crippen LogP contribution < -0.4 is 14.5 Å². The molecule has 0 radical (unpaired) electrons. The lowest BCUT2D eigenvalue weighted by atomic mass is 10.2. The fourth-order valence-corrected chi connectivity index (χ4v) is 2.25. The van der Waals surface area contributed by atoms with Crippen molar-refractivity contribution in [2.45, 2.75) is 0 Å². The predicted molar refractivity (Wildman–Crippen MR) is 70.4 cm³/mol. The summed E-state index contributed by atoms with van der Waals surface area (Å²) >= 11 is 0. The Hall–Kier alpha value is -2.44. The molecule has 0 N–H and O–H groups in total. The third-order valence-electron chi connectivity index (χ3n) is 3.26. The van der Waals surface area contributed by atoms with Gasteiger partial charge in [-0.1, -0.05) is 0 Å². The number of carbonyl (C=O) groups excluding carboxylic acids is 2. The first-order valence-electron chi connectivity index (χ1n) is 6.27. The Morgan fingerprint density at radius 3 is 1.80 bits per heavy atom. The van der Waals surface area contributed by atoms with E-state index in [1.807, 2.05) is 0 Å². The van der Waals surface area contributed by atoms with Crippen molar-refractivity contribution in [3.8, 4) is 5.75 Å². The van der Waals surface area contributed by atoms with Crippen LogP contribution in [0.4, 0.5) is 21.0 Å². The molecule has 2 aliphatic heterocycles. The second kappa shape index (κ2) is 4.92. The van der Waals surface area contributed by atoms with Gasteiger partial charge in [0.25, 0.3) is 0 Å². The number of benzene rings is 1. The van der Waals surface area contributed by atoms with Crippen molar-refractivity contribution in [3.05, 3.63) is 18.2 Å². The van der Waals surface area contributed by atoms with E-state index >= 15 is 0 Å². The van der Waals surface area contributed by atoms with Crippen molar-refractivity contribution in [1.29, 1.82) is 0 Å². The molecular weight excluding hydrogens is 264 g/mol. The van der Waals surface area contributed by atoms with Gasteiger partial charge in [0.05, 0.1) is 31.6 Å². The van der Waals surface area contributed by atoms with E-state index in [4.69, 9.17) is 14.2 Å². The van der Waals surface area contributed by atoms with Crippen molar-refractivity contribution in [3.63, 3.8) is 0 Å². The smallest absolute Gasteiger partial charge is 0.414 e. The lowest BCUT2D eigenvalue weighted by Crippen LogP contribution is -2.26. The van der Waals surface area contributed by atoms with Crippen LogP contribution in [-0.2, 0) is 9.47 Å². The highest BCUT2D eigenvalue weighted by Gasteiger charge is 2.28. The van der Waals surface area contributed by atoms with Gasteiger partial charge in [-0.05, 0) is 6.07 Å². The molecule has 0 unspecified atom stereocenters. The van der Waals surface area contributed by atoms with Gasteiger partial charge in [0.2, 0.25) is 0 Å². The van der Waals surface area contributed by atoms with Crippen LogP contribution in [0.15, 0.2) is 18.2 Å². The molecule has 2 fully saturated rings. The van der Waals surface area contributed by atoms with Gasteiger partial charge in [0.1, 0.15) is 19.0 Å². The highest BCUT2D eigenvalue weighted by atomic mass is 16.6. The van der Waals surface area contributed by atoms with E-state index in [1.165, 1.54) is 16.9 Å². The van der Waals surface area contributed by atoms with Gasteiger partial charge < -0.3 is 14.2 Å². The van der Waals surface area contributed by atoms with Crippen LogP contribution >= 0.6 is 0 Å². The summed E-state index contributed by atoms with van der Waals surface area (Å²) in [7, 11) is 1.54. The van der Waals surface area contributed by atoms with Crippen LogP contribution in [0.3, 0.4) is 0 Å². The number of hydrogen-bond donors (Lipinski definition) is 0. The molecule has 0 aromatic heterocycles. The second-order valence-corrected chi connectivity index (χ2v) is 4.42. The molecule has 3 rings (SSSR count). The molecule has 7 nitrogen and oxygen atoms in total. The van der Waals surface area contributed by atoms with Crippen molar-refractivity contribution in [2.75, 3.05) is 43.2 Å². The molecule has 0 saturated carbocycles. The highest BCUT2D eigenvalue weighted by molar-refractivity contribution is 5.93. The normalized spacial score (nSPS) is 18.2. The Labute approximate surface area is 115 Å². The first-order valence-corrected chi connectivity index (χ1v) is 6.27. The monoisotopic (exact) mass is 278 g/mol. The quantitative estimate of drug-likeness (QED) is 0.840. The standard InChI is InChI=1S/C13H14N2O5/c1-18-11-7-9(14-2-4-19-12(14)16)6-10(8-11)15-3-5-20-13(15)17/h6-8H,2-5H2,1H3. The van der Waals surface area contributed by atoms with Gasteiger partial charge in [-0.15, -0.1) is 0 Å². The third-order valence-corrected chi connectivity index (χ3v) is 3.26. The Morgan fingerprint density at radius 2 is 1.45 bits per heavy atom. The number of hydrogen-bond acceptors (Lipinski definition) is 5. The molecule has 2 aliphatic rings. The molecule has 2 amide bonds. The maximum Gasteiger partial charge on any atom is 0.414 e. The average molecular weight is 278 g/mol. The lowest BCUT2D eigenvalue weighted by Gasteiger charge is -2.19. The first kappa shape index (κ1) is 12.6. The van der Waals surface area contributed by atoms with Crippen molar-refractivity contribution >= 4 is 23.6 Å². The Balaban J connectivity index is 1.98. The van der Waals surface area contributed by atoms with E-state index < -0.39 is 12.2 Å². The summed E-state index contributed by atoms with van der Waals surface area (Å²) in [5.74, 6) is 0.567. The topological polar surface area (TPSA) is 68.3 Å². The molecule has 1 aromatic rings. The van der Waals surface area contributed by atoms with E-state index in [-0.39, 0.29) is 0 Å². The average Bonchev–Trinajstić information content (AvgIpc) is 3.06. The summed E-state index contributed by atoms with van der Waals surface area (Å²) in [5.41, 5.74) is 1.28. The van der Waals surface area contributed by atoms with Crippen LogP contribution in [0.2, 0.25) is 0 Å². The zero-order valence-corrected chi connectivity index (χ0v) is 11.0. The second-order valence-electron chi connectivity index (χ2n) is 4.42. The van der Waals surface area contributed by atoms with Gasteiger partial charge in [0.15, 0.2) is 0 Å². The van der Waals surface area contributed by atoms with Gasteiger partial charge in [-0.25, -0.2) is 9.59 Å². The van der Waals surface area contributed by atoms with E-state index in [2.05, 4.69) is 0 Å². The van der Waals surface area contributed by atoms with Crippen LogP contribution in [0.1, 0.15) is 0 Å². The zero-order chi connectivity index (χ0) is 14.1. The highest BCUT2D eigenvalue weighted by Crippen LogP contribution is 2.31. The Kier molecular flexibility index (Phi) is 3.09. The van der Waals surface area contributed by atoms with Crippen molar-refractivity contribution in [2.24, 2.45) is 0 Å². The SMILES string of the molecule is COc1cc(N2CCOC2=O)cc(N2CCOC2=O)c1. The molecular formula is C13H14N2O5. The van der Waals surface area contributed by atoms with Crippen LogP contribution in [-0.4, -0.2) is 45.6 Å². The molecule has 0 aliphatic carbocycles. The molecule has 106 valence electrons. The van der Waals surface area contributed by atoms with Crippen LogP contribution in [0.25, 0.3) is 0 Å². The van der Waals surface area contributed by atoms with Crippen LogP contribution in [0.5, 0.6) is 5.75 Å². The van der Waals surface area contributed by atoms with E-state index in [0.717, 1.165) is 0 Å². The number of nitrogens with zero attached hydrogens (tertiary/aromatic N) is 2. The minimum absolute atomic E-state index is 0.358. The Bertz CT molecular complexity index is 515. The molecule has 0 bridgehead atoms. The predicted octanol–water partition coefficient (Wildman–Crippen LogP) is 1.61. The van der Waals surface area contributed by atoms with Crippen LogP contribution in [0, 0.1) is 0 Å². The van der Waals surface area contributed by atoms with Gasteiger partial charge >= 0.3 is 12.2 Å². The van der Waals surface area contributed by atoms with E-state index in [9.17, 15) is 9.59 Å². The summed E-state index contributed by atoms with van der Waals surface area (Å²) in [4.78, 5) is 26.3. The van der Waals surface area contributed by atoms with Gasteiger partial charge in [0, 0.05) is 12.1 Å². The summed E-state index contributed by atoms with van der Waals surface area (Å²) in [6, 6.07) is 5.22.